The lowest BCUT2D eigenvalue weighted by molar-refractivity contribution is -0.137. The van der Waals surface area contributed by atoms with Crippen molar-refractivity contribution in [2.24, 2.45) is 0 Å². The van der Waals surface area contributed by atoms with Crippen molar-refractivity contribution in [3.63, 3.8) is 0 Å². The Morgan fingerprint density at radius 1 is 0.818 bits per heavy atom. The summed E-state index contributed by atoms with van der Waals surface area (Å²) in [5.74, 6) is -0.650. The molecule has 0 aromatic heterocycles. The standard InChI is InChI=1S/C18H32O2S2/c1-2-3-7-10-14-16(21-14)13-17-15(22-17)11-8-5-4-6-9-12-18(19)20/h14-17H,2-13H2,1H3,(H,19,20). The number of thioether (sulfide) groups is 2. The van der Waals surface area contributed by atoms with Gasteiger partial charge in [0.25, 0.3) is 0 Å². The molecule has 1 N–H and O–H groups in total. The summed E-state index contributed by atoms with van der Waals surface area (Å²) in [5.41, 5.74) is 0. The van der Waals surface area contributed by atoms with Crippen LogP contribution in [0, 0.1) is 0 Å². The minimum atomic E-state index is -0.650. The molecule has 0 radical (unpaired) electrons. The molecule has 0 spiro atoms. The molecule has 0 aromatic rings. The minimum absolute atomic E-state index is 0.346. The topological polar surface area (TPSA) is 37.3 Å². The molecule has 2 rings (SSSR count). The number of rotatable bonds is 14. The van der Waals surface area contributed by atoms with Gasteiger partial charge in [0, 0.05) is 27.4 Å². The molecular weight excluding hydrogens is 312 g/mol. The van der Waals surface area contributed by atoms with Gasteiger partial charge in [-0.25, -0.2) is 0 Å². The molecule has 4 heteroatoms. The van der Waals surface area contributed by atoms with Gasteiger partial charge in [-0.05, 0) is 25.7 Å². The third kappa shape index (κ3) is 7.63. The predicted octanol–water partition coefficient (Wildman–Crippen LogP) is 5.74. The van der Waals surface area contributed by atoms with Crippen LogP contribution in [0.4, 0.5) is 0 Å². The average molecular weight is 345 g/mol. The first-order valence-electron chi connectivity index (χ1n) is 9.23. The first-order valence-corrected chi connectivity index (χ1v) is 11.1. The molecular formula is C18H32O2S2. The second-order valence-corrected chi connectivity index (χ2v) is 9.82. The summed E-state index contributed by atoms with van der Waals surface area (Å²) >= 11 is 4.45. The smallest absolute Gasteiger partial charge is 0.303 e. The van der Waals surface area contributed by atoms with Gasteiger partial charge in [0.05, 0.1) is 0 Å². The maximum atomic E-state index is 10.4. The number of carbonyl (C=O) groups is 1. The maximum Gasteiger partial charge on any atom is 0.303 e. The van der Waals surface area contributed by atoms with Crippen molar-refractivity contribution in [3.8, 4) is 0 Å². The van der Waals surface area contributed by atoms with Gasteiger partial charge in [0.15, 0.2) is 0 Å². The molecule has 0 aromatic carbocycles. The zero-order valence-corrected chi connectivity index (χ0v) is 15.6. The normalized spacial score (nSPS) is 29.5. The molecule has 128 valence electrons. The lowest BCUT2D eigenvalue weighted by atomic mass is 10.0. The molecule has 2 fully saturated rings. The summed E-state index contributed by atoms with van der Waals surface area (Å²) < 4.78 is 0. The molecule has 22 heavy (non-hydrogen) atoms. The predicted molar refractivity (Wildman–Crippen MR) is 99.0 cm³/mol. The summed E-state index contributed by atoms with van der Waals surface area (Å²) in [6.45, 7) is 2.29. The molecule has 4 atom stereocenters. The van der Waals surface area contributed by atoms with E-state index in [9.17, 15) is 4.79 Å². The second kappa shape index (κ2) is 10.1. The Morgan fingerprint density at radius 2 is 1.36 bits per heavy atom. The summed E-state index contributed by atoms with van der Waals surface area (Å²) in [4.78, 5) is 10.4. The lowest BCUT2D eigenvalue weighted by Gasteiger charge is -2.00. The molecule has 4 unspecified atom stereocenters. The number of unbranched alkanes of at least 4 members (excludes halogenated alkanes) is 6. The number of carboxylic acid groups (broad SMARTS) is 1. The first kappa shape index (κ1) is 18.5. The fourth-order valence-corrected chi connectivity index (χ4v) is 5.83. The van der Waals surface area contributed by atoms with E-state index in [1.165, 1.54) is 57.8 Å². The summed E-state index contributed by atoms with van der Waals surface area (Å²) in [6.07, 6.45) is 14.7. The molecule has 0 amide bonds. The highest BCUT2D eigenvalue weighted by Gasteiger charge is 2.46. The van der Waals surface area contributed by atoms with E-state index in [1.54, 1.807) is 0 Å². The van der Waals surface area contributed by atoms with Crippen LogP contribution < -0.4 is 0 Å². The van der Waals surface area contributed by atoms with Crippen LogP contribution in [0.5, 0.6) is 0 Å². The van der Waals surface area contributed by atoms with Gasteiger partial charge >= 0.3 is 5.97 Å². The van der Waals surface area contributed by atoms with Crippen LogP contribution in [-0.2, 0) is 4.79 Å². The highest BCUT2D eigenvalue weighted by atomic mass is 32.2. The van der Waals surface area contributed by atoms with Crippen LogP contribution in [-0.4, -0.2) is 32.1 Å². The summed E-state index contributed by atoms with van der Waals surface area (Å²) in [5, 5.41) is 12.5. The minimum Gasteiger partial charge on any atom is -0.481 e. The molecule has 0 bridgehead atoms. The van der Waals surface area contributed by atoms with E-state index in [2.05, 4.69) is 30.4 Å². The molecule has 0 saturated carbocycles. The Bertz CT molecular complexity index is 335. The van der Waals surface area contributed by atoms with Crippen LogP contribution in [0.15, 0.2) is 0 Å². The molecule has 2 nitrogen and oxygen atoms in total. The van der Waals surface area contributed by atoms with Gasteiger partial charge in [0.2, 0.25) is 0 Å². The van der Waals surface area contributed by atoms with E-state index in [0.717, 1.165) is 33.8 Å². The zero-order chi connectivity index (χ0) is 15.8. The second-order valence-electron chi connectivity index (χ2n) is 6.86. The Labute approximate surface area is 144 Å². The van der Waals surface area contributed by atoms with E-state index < -0.39 is 5.97 Å². The van der Waals surface area contributed by atoms with Crippen LogP contribution in [0.25, 0.3) is 0 Å². The van der Waals surface area contributed by atoms with Crippen molar-refractivity contribution in [1.29, 1.82) is 0 Å². The summed E-state index contributed by atoms with van der Waals surface area (Å²) in [6, 6.07) is 0. The van der Waals surface area contributed by atoms with Crippen molar-refractivity contribution in [1.82, 2.24) is 0 Å². The number of aliphatic carboxylic acids is 1. The Morgan fingerprint density at radius 3 is 1.95 bits per heavy atom. The third-order valence-corrected chi connectivity index (χ3v) is 7.75. The zero-order valence-electron chi connectivity index (χ0n) is 14.0. The average Bonchev–Trinajstić information content (AvgIpc) is 3.38. The summed E-state index contributed by atoms with van der Waals surface area (Å²) in [7, 11) is 0. The van der Waals surface area contributed by atoms with Gasteiger partial charge in [-0.15, -0.1) is 0 Å². The first-order chi connectivity index (χ1) is 10.7. The van der Waals surface area contributed by atoms with Gasteiger partial charge in [0.1, 0.15) is 0 Å². The molecule has 2 heterocycles. The van der Waals surface area contributed by atoms with Gasteiger partial charge in [-0.3, -0.25) is 4.79 Å². The fraction of sp³-hybridized carbons (Fsp3) is 0.944. The van der Waals surface area contributed by atoms with Crippen LogP contribution in [0.2, 0.25) is 0 Å². The quantitative estimate of drug-likeness (QED) is 0.322. The number of carboxylic acids is 1. The van der Waals surface area contributed by atoms with E-state index in [1.807, 2.05) is 0 Å². The highest BCUT2D eigenvalue weighted by Crippen LogP contribution is 2.55. The van der Waals surface area contributed by atoms with Crippen molar-refractivity contribution in [2.45, 2.75) is 105 Å². The highest BCUT2D eigenvalue weighted by molar-refractivity contribution is 8.08. The van der Waals surface area contributed by atoms with Crippen LogP contribution in [0.1, 0.15) is 84.0 Å². The van der Waals surface area contributed by atoms with Gasteiger partial charge < -0.3 is 5.11 Å². The fourth-order valence-electron chi connectivity index (χ4n) is 3.26. The van der Waals surface area contributed by atoms with E-state index in [0.29, 0.717) is 6.42 Å². The van der Waals surface area contributed by atoms with Crippen molar-refractivity contribution in [3.05, 3.63) is 0 Å². The lowest BCUT2D eigenvalue weighted by Crippen LogP contribution is -2.02. The molecule has 2 saturated heterocycles. The largest absolute Gasteiger partial charge is 0.481 e. The number of hydrogen-bond donors (Lipinski definition) is 1. The van der Waals surface area contributed by atoms with Crippen LogP contribution >= 0.6 is 23.5 Å². The van der Waals surface area contributed by atoms with Gasteiger partial charge in [-0.1, -0.05) is 51.9 Å². The van der Waals surface area contributed by atoms with Crippen molar-refractivity contribution >= 4 is 29.5 Å². The number of hydrogen-bond acceptors (Lipinski definition) is 3. The van der Waals surface area contributed by atoms with Crippen molar-refractivity contribution in [2.75, 3.05) is 0 Å². The Balaban J connectivity index is 1.36. The van der Waals surface area contributed by atoms with E-state index in [4.69, 9.17) is 5.11 Å². The monoisotopic (exact) mass is 344 g/mol. The SMILES string of the molecule is CCCCCC1SC1CC1SC1CCCCCCCC(=O)O. The molecule has 0 aliphatic carbocycles. The maximum absolute atomic E-state index is 10.4. The molecule has 2 aliphatic heterocycles. The third-order valence-electron chi connectivity index (χ3n) is 4.81. The van der Waals surface area contributed by atoms with Crippen LogP contribution in [0.3, 0.4) is 0 Å². The van der Waals surface area contributed by atoms with E-state index >= 15 is 0 Å². The molecule has 2 aliphatic rings. The Kier molecular flexibility index (Phi) is 8.52. The van der Waals surface area contributed by atoms with Crippen molar-refractivity contribution < 1.29 is 9.90 Å². The van der Waals surface area contributed by atoms with Gasteiger partial charge in [-0.2, -0.15) is 23.5 Å². The Hall–Kier alpha value is 0.170. The van der Waals surface area contributed by atoms with E-state index in [-0.39, 0.29) is 0 Å².